The van der Waals surface area contributed by atoms with E-state index in [9.17, 15) is 29.1 Å². The van der Waals surface area contributed by atoms with Gasteiger partial charge in [-0.15, -0.1) is 0 Å². The van der Waals surface area contributed by atoms with Gasteiger partial charge in [0, 0.05) is 13.0 Å². The highest BCUT2D eigenvalue weighted by atomic mass is 16.4. The van der Waals surface area contributed by atoms with Gasteiger partial charge in [0.1, 0.15) is 18.1 Å². The lowest BCUT2D eigenvalue weighted by Gasteiger charge is -2.25. The van der Waals surface area contributed by atoms with E-state index in [1.807, 2.05) is 13.8 Å². The predicted molar refractivity (Wildman–Crippen MR) is 132 cm³/mol. The third kappa shape index (κ3) is 11.8. The first-order valence-corrected chi connectivity index (χ1v) is 12.1. The van der Waals surface area contributed by atoms with Crippen LogP contribution in [0, 0.1) is 5.92 Å². The lowest BCUT2D eigenvalue weighted by atomic mass is 10.0. The molecule has 14 heteroatoms. The fourth-order valence-corrected chi connectivity index (χ4v) is 3.75. The topological polar surface area (TPSA) is 244 Å². The number of nitrogens with one attached hydrogen (secondary N) is 4. The van der Waals surface area contributed by atoms with Crippen LogP contribution in [0.15, 0.2) is 4.99 Å². The Morgan fingerprint density at radius 3 is 2.08 bits per heavy atom. The van der Waals surface area contributed by atoms with E-state index in [0.717, 1.165) is 6.42 Å². The van der Waals surface area contributed by atoms with Gasteiger partial charge in [0.15, 0.2) is 5.96 Å². The molecule has 204 valence electrons. The molecule has 1 saturated heterocycles. The third-order valence-corrected chi connectivity index (χ3v) is 5.59. The highest BCUT2D eigenvalue weighted by Crippen LogP contribution is 2.09. The zero-order valence-electron chi connectivity index (χ0n) is 20.9. The molecule has 0 aromatic carbocycles. The first-order valence-electron chi connectivity index (χ1n) is 12.1. The van der Waals surface area contributed by atoms with Crippen LogP contribution in [0.5, 0.6) is 0 Å². The molecule has 0 aromatic rings. The summed E-state index contributed by atoms with van der Waals surface area (Å²) in [7, 11) is 0. The van der Waals surface area contributed by atoms with Gasteiger partial charge in [-0.25, -0.2) is 4.79 Å². The Morgan fingerprint density at radius 2 is 1.58 bits per heavy atom. The van der Waals surface area contributed by atoms with Crippen molar-refractivity contribution in [2.45, 2.75) is 83.0 Å². The molecule has 1 fully saturated rings. The van der Waals surface area contributed by atoms with E-state index in [-0.39, 0.29) is 50.0 Å². The average Bonchev–Trinajstić information content (AvgIpc) is 3.32. The minimum absolute atomic E-state index is 0.0148. The van der Waals surface area contributed by atoms with Gasteiger partial charge >= 0.3 is 5.97 Å². The second-order valence-corrected chi connectivity index (χ2v) is 9.25. The van der Waals surface area contributed by atoms with Crippen LogP contribution in [0.3, 0.4) is 0 Å². The van der Waals surface area contributed by atoms with Crippen LogP contribution < -0.4 is 38.5 Å². The molecule has 0 bridgehead atoms. The number of primary amides is 1. The standard InChI is InChI=1S/C22H40N8O6/c1-12(2)11-16(21(35)36)30-20(34)15(7-8-17(23)31)29-19(33)14(6-4-10-27-22(24)25)28-18(32)13-5-3-9-26-13/h12-16,26H,3-11H2,1-2H3,(H2,23,31)(H,28,32)(H,29,33)(H,30,34)(H,35,36)(H4,24,25,27). The maximum atomic E-state index is 13.1. The molecule has 36 heavy (non-hydrogen) atoms. The molecule has 4 atom stereocenters. The van der Waals surface area contributed by atoms with E-state index in [0.29, 0.717) is 19.4 Å². The molecule has 4 amide bonds. The maximum Gasteiger partial charge on any atom is 0.326 e. The van der Waals surface area contributed by atoms with E-state index in [1.165, 1.54) is 0 Å². The van der Waals surface area contributed by atoms with Gasteiger partial charge in [-0.1, -0.05) is 13.8 Å². The van der Waals surface area contributed by atoms with Crippen molar-refractivity contribution >= 4 is 35.6 Å². The van der Waals surface area contributed by atoms with Crippen molar-refractivity contribution in [2.24, 2.45) is 28.1 Å². The molecule has 0 spiro atoms. The second-order valence-electron chi connectivity index (χ2n) is 9.25. The molecule has 4 unspecified atom stereocenters. The normalized spacial score (nSPS) is 17.5. The minimum atomic E-state index is -1.24. The van der Waals surface area contributed by atoms with Gasteiger partial charge in [-0.2, -0.15) is 0 Å². The molecular weight excluding hydrogens is 472 g/mol. The molecule has 0 radical (unpaired) electrons. The van der Waals surface area contributed by atoms with Crippen molar-refractivity contribution in [1.29, 1.82) is 0 Å². The maximum absolute atomic E-state index is 13.1. The summed E-state index contributed by atoms with van der Waals surface area (Å²) < 4.78 is 0. The van der Waals surface area contributed by atoms with Gasteiger partial charge in [0.25, 0.3) is 0 Å². The van der Waals surface area contributed by atoms with Gasteiger partial charge in [0.05, 0.1) is 6.04 Å². The number of guanidine groups is 1. The summed E-state index contributed by atoms with van der Waals surface area (Å²) in [5.41, 5.74) is 15.9. The Kier molecular flexibility index (Phi) is 13.2. The van der Waals surface area contributed by atoms with Crippen molar-refractivity contribution in [3.05, 3.63) is 0 Å². The van der Waals surface area contributed by atoms with Crippen LogP contribution in [0.4, 0.5) is 0 Å². The summed E-state index contributed by atoms with van der Waals surface area (Å²) in [4.78, 5) is 65.4. The average molecular weight is 513 g/mol. The molecule has 1 rings (SSSR count). The number of carbonyl (C=O) groups excluding carboxylic acids is 4. The number of nitrogens with two attached hydrogens (primary N) is 3. The highest BCUT2D eigenvalue weighted by Gasteiger charge is 2.31. The number of nitrogens with zero attached hydrogens (tertiary/aromatic N) is 1. The Morgan fingerprint density at radius 1 is 0.972 bits per heavy atom. The Balaban J connectivity index is 2.98. The molecule has 0 aromatic heterocycles. The predicted octanol–water partition coefficient (Wildman–Crippen LogP) is -2.36. The first-order chi connectivity index (χ1) is 16.9. The number of carbonyl (C=O) groups is 5. The van der Waals surface area contributed by atoms with Crippen molar-refractivity contribution < 1.29 is 29.1 Å². The summed E-state index contributed by atoms with van der Waals surface area (Å²) in [5.74, 6) is -3.80. The number of hydrogen-bond acceptors (Lipinski definition) is 7. The van der Waals surface area contributed by atoms with Crippen LogP contribution >= 0.6 is 0 Å². The fourth-order valence-electron chi connectivity index (χ4n) is 3.75. The molecule has 0 aliphatic carbocycles. The first kappa shape index (κ1) is 30.6. The van der Waals surface area contributed by atoms with E-state index in [4.69, 9.17) is 17.2 Å². The summed E-state index contributed by atoms with van der Waals surface area (Å²) in [6, 6.07) is -3.85. The smallest absolute Gasteiger partial charge is 0.326 e. The summed E-state index contributed by atoms with van der Waals surface area (Å²) in [5, 5.41) is 20.2. The number of aliphatic carboxylic acids is 1. The van der Waals surface area contributed by atoms with Crippen molar-refractivity contribution in [1.82, 2.24) is 21.3 Å². The molecule has 1 aliphatic heterocycles. The SMILES string of the molecule is CC(C)CC(NC(=O)C(CCC(N)=O)NC(=O)C(CCCN=C(N)N)NC(=O)C1CCCN1)C(=O)O. The molecule has 1 aliphatic rings. The van der Waals surface area contributed by atoms with Crippen molar-refractivity contribution in [2.75, 3.05) is 13.1 Å². The lowest BCUT2D eigenvalue weighted by Crippen LogP contribution is -2.57. The van der Waals surface area contributed by atoms with E-state index in [2.05, 4.69) is 26.3 Å². The summed E-state index contributed by atoms with van der Waals surface area (Å²) >= 11 is 0. The minimum Gasteiger partial charge on any atom is -0.480 e. The van der Waals surface area contributed by atoms with Crippen molar-refractivity contribution in [3.63, 3.8) is 0 Å². The number of rotatable bonds is 16. The van der Waals surface area contributed by atoms with E-state index < -0.39 is 47.9 Å². The van der Waals surface area contributed by atoms with Crippen LogP contribution in [-0.4, -0.2) is 77.9 Å². The molecule has 0 saturated carbocycles. The Labute approximate surface area is 210 Å². The lowest BCUT2D eigenvalue weighted by molar-refractivity contribution is -0.143. The summed E-state index contributed by atoms with van der Waals surface area (Å²) in [6.45, 7) is 4.53. The number of aliphatic imine (C=N–C) groups is 1. The third-order valence-electron chi connectivity index (χ3n) is 5.59. The largest absolute Gasteiger partial charge is 0.480 e. The second kappa shape index (κ2) is 15.5. The quantitative estimate of drug-likeness (QED) is 0.0625. The number of amides is 4. The van der Waals surface area contributed by atoms with Gasteiger partial charge < -0.3 is 43.6 Å². The van der Waals surface area contributed by atoms with Gasteiger partial charge in [-0.3, -0.25) is 24.2 Å². The molecular formula is C22H40N8O6. The van der Waals surface area contributed by atoms with Crippen molar-refractivity contribution in [3.8, 4) is 0 Å². The van der Waals surface area contributed by atoms with Crippen LogP contribution in [0.2, 0.25) is 0 Å². The zero-order valence-corrected chi connectivity index (χ0v) is 20.9. The Hall–Kier alpha value is -3.42. The Bertz CT molecular complexity index is 808. The van der Waals surface area contributed by atoms with E-state index >= 15 is 0 Å². The molecule has 14 nitrogen and oxygen atoms in total. The number of carboxylic acids is 1. The number of hydrogen-bond donors (Lipinski definition) is 8. The van der Waals surface area contributed by atoms with Gasteiger partial charge in [0.2, 0.25) is 23.6 Å². The molecule has 11 N–H and O–H groups in total. The zero-order chi connectivity index (χ0) is 27.3. The van der Waals surface area contributed by atoms with Crippen LogP contribution in [0.1, 0.15) is 58.8 Å². The highest BCUT2D eigenvalue weighted by molar-refractivity contribution is 5.94. The summed E-state index contributed by atoms with van der Waals surface area (Å²) in [6.07, 6.45) is 1.82. The van der Waals surface area contributed by atoms with Crippen LogP contribution in [-0.2, 0) is 24.0 Å². The van der Waals surface area contributed by atoms with Crippen LogP contribution in [0.25, 0.3) is 0 Å². The fraction of sp³-hybridized carbons (Fsp3) is 0.727. The number of carboxylic acid groups (broad SMARTS) is 1. The molecule has 1 heterocycles. The van der Waals surface area contributed by atoms with Gasteiger partial charge in [-0.05, 0) is 51.0 Å². The monoisotopic (exact) mass is 512 g/mol. The van der Waals surface area contributed by atoms with E-state index in [1.54, 1.807) is 0 Å².